The Morgan fingerprint density at radius 3 is 3.11 bits per heavy atom. The van der Waals surface area contributed by atoms with Gasteiger partial charge in [0, 0.05) is 12.6 Å². The molecular weight excluding hydrogens is 232 g/mol. The van der Waals surface area contributed by atoms with Crippen LogP contribution in [0.2, 0.25) is 0 Å². The van der Waals surface area contributed by atoms with Crippen LogP contribution in [0.3, 0.4) is 0 Å². The number of aliphatic hydroxyl groups excluding tert-OH is 1. The topological polar surface area (TPSA) is 86.2 Å². The summed E-state index contributed by atoms with van der Waals surface area (Å²) in [6.07, 6.45) is 3.90. The van der Waals surface area contributed by atoms with Crippen LogP contribution in [0, 0.1) is 0 Å². The quantitative estimate of drug-likeness (QED) is 0.830. The van der Waals surface area contributed by atoms with E-state index in [1.54, 1.807) is 18.6 Å². The number of nitrogens with zero attached hydrogens (tertiary/aromatic N) is 3. The molecule has 1 aliphatic rings. The molecule has 3 unspecified atom stereocenters. The lowest BCUT2D eigenvalue weighted by Crippen LogP contribution is -2.19. The first kappa shape index (κ1) is 11.4. The van der Waals surface area contributed by atoms with Crippen LogP contribution in [0.5, 0.6) is 0 Å². The molecule has 3 rings (SSSR count). The molecule has 1 aliphatic heterocycles. The molecule has 1 saturated heterocycles. The second-order valence-electron chi connectivity index (χ2n) is 4.56. The minimum Gasteiger partial charge on any atom is -0.397 e. The molecule has 3 atom stereocenters. The monoisotopic (exact) mass is 248 g/mol. The molecule has 0 aliphatic carbocycles. The van der Waals surface area contributed by atoms with Gasteiger partial charge < -0.3 is 15.6 Å². The van der Waals surface area contributed by atoms with Crippen LogP contribution in [-0.4, -0.2) is 31.8 Å². The average Bonchev–Trinajstić information content (AvgIpc) is 2.93. The molecule has 2 aromatic heterocycles. The van der Waals surface area contributed by atoms with Crippen molar-refractivity contribution in [3.8, 4) is 0 Å². The maximum Gasteiger partial charge on any atom is 0.164 e. The van der Waals surface area contributed by atoms with E-state index < -0.39 is 6.10 Å². The zero-order chi connectivity index (χ0) is 12.7. The Morgan fingerprint density at radius 2 is 2.39 bits per heavy atom. The van der Waals surface area contributed by atoms with Gasteiger partial charge in [-0.15, -0.1) is 0 Å². The predicted molar refractivity (Wildman–Crippen MR) is 66.8 cm³/mol. The van der Waals surface area contributed by atoms with Crippen LogP contribution >= 0.6 is 0 Å². The summed E-state index contributed by atoms with van der Waals surface area (Å²) in [5.74, 6) is 0. The van der Waals surface area contributed by atoms with Gasteiger partial charge in [-0.25, -0.2) is 9.97 Å². The number of aliphatic hydroxyl groups is 1. The molecule has 0 amide bonds. The van der Waals surface area contributed by atoms with E-state index in [0.717, 1.165) is 6.42 Å². The van der Waals surface area contributed by atoms with Crippen molar-refractivity contribution in [2.45, 2.75) is 38.2 Å². The van der Waals surface area contributed by atoms with Gasteiger partial charge in [0.15, 0.2) is 5.65 Å². The maximum absolute atomic E-state index is 9.88. The third-order valence-electron chi connectivity index (χ3n) is 3.41. The molecule has 0 saturated carbocycles. The number of anilines is 1. The first-order chi connectivity index (χ1) is 8.70. The zero-order valence-electron chi connectivity index (χ0n) is 10.2. The van der Waals surface area contributed by atoms with E-state index >= 15 is 0 Å². The molecule has 2 aromatic rings. The lowest BCUT2D eigenvalue weighted by molar-refractivity contribution is -0.0183. The fourth-order valence-corrected chi connectivity index (χ4v) is 2.42. The number of rotatable bonds is 2. The van der Waals surface area contributed by atoms with Crippen molar-refractivity contribution in [1.82, 2.24) is 14.5 Å². The average molecular weight is 248 g/mol. The number of imidazole rings is 1. The molecule has 1 fully saturated rings. The first-order valence-corrected chi connectivity index (χ1v) is 6.11. The van der Waals surface area contributed by atoms with E-state index in [2.05, 4.69) is 9.97 Å². The van der Waals surface area contributed by atoms with Gasteiger partial charge in [-0.2, -0.15) is 0 Å². The fourth-order valence-electron chi connectivity index (χ4n) is 2.42. The van der Waals surface area contributed by atoms with Crippen LogP contribution < -0.4 is 5.73 Å². The van der Waals surface area contributed by atoms with E-state index in [-0.39, 0.29) is 12.3 Å². The van der Waals surface area contributed by atoms with Gasteiger partial charge in [0.25, 0.3) is 0 Å². The number of hydrogen-bond acceptors (Lipinski definition) is 5. The maximum atomic E-state index is 9.88. The highest BCUT2D eigenvalue weighted by molar-refractivity contribution is 5.83. The van der Waals surface area contributed by atoms with Gasteiger partial charge in [0.05, 0.1) is 24.2 Å². The minimum absolute atomic E-state index is 0.117. The second kappa shape index (κ2) is 4.22. The molecule has 0 bridgehead atoms. The Balaban J connectivity index is 1.99. The number of aromatic nitrogens is 3. The number of fused-ring (bicyclic) bond motifs is 1. The highest BCUT2D eigenvalue weighted by atomic mass is 16.5. The van der Waals surface area contributed by atoms with Gasteiger partial charge in [-0.05, 0) is 12.5 Å². The van der Waals surface area contributed by atoms with Gasteiger partial charge in [-0.1, -0.05) is 6.92 Å². The van der Waals surface area contributed by atoms with Crippen molar-refractivity contribution in [2.24, 2.45) is 0 Å². The Morgan fingerprint density at radius 1 is 1.56 bits per heavy atom. The zero-order valence-corrected chi connectivity index (χ0v) is 10.2. The normalized spacial score (nSPS) is 28.0. The van der Waals surface area contributed by atoms with Crippen LogP contribution in [0.25, 0.3) is 11.2 Å². The minimum atomic E-state index is -0.432. The predicted octanol–water partition coefficient (Wildman–Crippen LogP) is 1.07. The van der Waals surface area contributed by atoms with Crippen LogP contribution in [0.1, 0.15) is 26.0 Å². The second-order valence-corrected chi connectivity index (χ2v) is 4.56. The Kier molecular flexibility index (Phi) is 2.68. The number of hydrogen-bond donors (Lipinski definition) is 2. The lowest BCUT2D eigenvalue weighted by atomic mass is 10.1. The third kappa shape index (κ3) is 1.65. The van der Waals surface area contributed by atoms with Gasteiger partial charge >= 0.3 is 0 Å². The molecule has 0 spiro atoms. The van der Waals surface area contributed by atoms with Crippen molar-refractivity contribution in [2.75, 3.05) is 5.73 Å². The molecule has 3 heterocycles. The molecular formula is C12H16N4O2. The summed E-state index contributed by atoms with van der Waals surface area (Å²) in [4.78, 5) is 8.53. The van der Waals surface area contributed by atoms with Crippen molar-refractivity contribution >= 4 is 16.9 Å². The third-order valence-corrected chi connectivity index (χ3v) is 3.41. The number of nitrogen functional groups attached to an aromatic ring is 1. The van der Waals surface area contributed by atoms with Gasteiger partial charge in [0.1, 0.15) is 11.7 Å². The summed E-state index contributed by atoms with van der Waals surface area (Å²) in [7, 11) is 0. The smallest absolute Gasteiger partial charge is 0.164 e. The molecule has 6 heteroatoms. The Labute approximate surface area is 104 Å². The van der Waals surface area contributed by atoms with Crippen molar-refractivity contribution < 1.29 is 9.84 Å². The van der Waals surface area contributed by atoms with Crippen molar-refractivity contribution in [3.63, 3.8) is 0 Å². The van der Waals surface area contributed by atoms with Crippen molar-refractivity contribution in [1.29, 1.82) is 0 Å². The molecule has 3 N–H and O–H groups in total. The van der Waals surface area contributed by atoms with E-state index in [1.807, 2.05) is 11.5 Å². The molecule has 0 radical (unpaired) electrons. The number of nitrogens with two attached hydrogens (primary N) is 1. The molecule has 6 nitrogen and oxygen atoms in total. The van der Waals surface area contributed by atoms with Crippen LogP contribution in [0.15, 0.2) is 18.6 Å². The molecule has 96 valence electrons. The van der Waals surface area contributed by atoms with Gasteiger partial charge in [0.2, 0.25) is 0 Å². The van der Waals surface area contributed by atoms with Crippen molar-refractivity contribution in [3.05, 3.63) is 18.6 Å². The summed E-state index contributed by atoms with van der Waals surface area (Å²) in [5, 5.41) is 9.88. The van der Waals surface area contributed by atoms with E-state index in [0.29, 0.717) is 23.3 Å². The van der Waals surface area contributed by atoms with Gasteiger partial charge in [-0.3, -0.25) is 4.57 Å². The highest BCUT2D eigenvalue weighted by Crippen LogP contribution is 2.32. The first-order valence-electron chi connectivity index (χ1n) is 6.11. The van der Waals surface area contributed by atoms with Crippen LogP contribution in [-0.2, 0) is 4.74 Å². The highest BCUT2D eigenvalue weighted by Gasteiger charge is 2.34. The Hall–Kier alpha value is -1.66. The molecule has 18 heavy (non-hydrogen) atoms. The SMILES string of the molecule is CCC1OC(n2cnc3c(N)ccnc32)CC1O. The lowest BCUT2D eigenvalue weighted by Gasteiger charge is -2.13. The number of ether oxygens (including phenoxy) is 1. The molecule has 0 aromatic carbocycles. The summed E-state index contributed by atoms with van der Waals surface area (Å²) < 4.78 is 7.65. The summed E-state index contributed by atoms with van der Waals surface area (Å²) in [5.41, 5.74) is 7.82. The largest absolute Gasteiger partial charge is 0.397 e. The van der Waals surface area contributed by atoms with E-state index in [9.17, 15) is 5.11 Å². The van der Waals surface area contributed by atoms with E-state index in [1.165, 1.54) is 0 Å². The van der Waals surface area contributed by atoms with Crippen LogP contribution in [0.4, 0.5) is 5.69 Å². The standard InChI is InChI=1S/C12H16N4O2/c1-2-9-8(17)5-10(18-9)16-6-15-11-7(13)3-4-14-12(11)16/h3-4,6,8-10,17H,2,5H2,1H3,(H2,13,14). The summed E-state index contributed by atoms with van der Waals surface area (Å²) >= 11 is 0. The fraction of sp³-hybridized carbons (Fsp3) is 0.500. The van der Waals surface area contributed by atoms with E-state index in [4.69, 9.17) is 10.5 Å². The Bertz CT molecular complexity index is 568. The summed E-state index contributed by atoms with van der Waals surface area (Å²) in [6.45, 7) is 2.00. The number of pyridine rings is 1. The summed E-state index contributed by atoms with van der Waals surface area (Å²) in [6, 6.07) is 1.72.